The second-order valence-corrected chi connectivity index (χ2v) is 9.27. The maximum absolute atomic E-state index is 12.6. The molecule has 1 aliphatic heterocycles. The number of amides is 1. The number of aromatic nitrogens is 2. The van der Waals surface area contributed by atoms with Crippen LogP contribution in [-0.2, 0) is 9.53 Å². The van der Waals surface area contributed by atoms with E-state index < -0.39 is 0 Å². The van der Waals surface area contributed by atoms with Crippen molar-refractivity contribution in [2.24, 2.45) is 0 Å². The molecule has 8 heteroatoms. The zero-order chi connectivity index (χ0) is 19.3. The minimum absolute atomic E-state index is 0.0515. The Morgan fingerprint density at radius 3 is 2.96 bits per heavy atom. The minimum atomic E-state index is -0.273. The van der Waals surface area contributed by atoms with Crippen molar-refractivity contribution in [3.8, 4) is 0 Å². The van der Waals surface area contributed by atoms with Crippen molar-refractivity contribution < 1.29 is 9.53 Å². The van der Waals surface area contributed by atoms with E-state index in [9.17, 15) is 4.79 Å². The predicted molar refractivity (Wildman–Crippen MR) is 115 cm³/mol. The number of ether oxygens (including phenoxy) is 1. The van der Waals surface area contributed by atoms with Crippen molar-refractivity contribution in [2.45, 2.75) is 35.5 Å². The number of carbonyl (C=O) groups is 1. The molecule has 1 fully saturated rings. The smallest absolute Gasteiger partial charge is 0.237 e. The van der Waals surface area contributed by atoms with Crippen molar-refractivity contribution in [3.63, 3.8) is 0 Å². The molecule has 2 aromatic carbocycles. The van der Waals surface area contributed by atoms with Gasteiger partial charge < -0.3 is 15.4 Å². The molecular weight excluding hydrogens is 392 g/mol. The number of nitrogens with one attached hydrogen (secondary N) is 2. The summed E-state index contributed by atoms with van der Waals surface area (Å²) < 4.78 is 6.37. The van der Waals surface area contributed by atoms with E-state index in [0.29, 0.717) is 0 Å². The van der Waals surface area contributed by atoms with Gasteiger partial charge in [-0.25, -0.2) is 0 Å². The SMILES string of the molecule is CC(Sc1nnc(NCC2CCCO2)s1)C(=O)Nc1ccc2ccccc2c1. The molecule has 2 unspecified atom stereocenters. The van der Waals surface area contributed by atoms with E-state index in [0.717, 1.165) is 51.9 Å². The van der Waals surface area contributed by atoms with E-state index in [1.165, 1.54) is 23.1 Å². The first kappa shape index (κ1) is 19.2. The number of thioether (sulfide) groups is 1. The second-order valence-electron chi connectivity index (χ2n) is 6.70. The Labute approximate surface area is 172 Å². The van der Waals surface area contributed by atoms with Crippen molar-refractivity contribution in [1.82, 2.24) is 10.2 Å². The highest BCUT2D eigenvalue weighted by Gasteiger charge is 2.19. The molecule has 0 radical (unpaired) electrons. The van der Waals surface area contributed by atoms with Gasteiger partial charge in [0.2, 0.25) is 11.0 Å². The maximum Gasteiger partial charge on any atom is 0.237 e. The second kappa shape index (κ2) is 8.89. The Kier molecular flexibility index (Phi) is 6.09. The number of nitrogens with zero attached hydrogens (tertiary/aromatic N) is 2. The number of carbonyl (C=O) groups excluding carboxylic acids is 1. The van der Waals surface area contributed by atoms with Crippen LogP contribution < -0.4 is 10.6 Å². The van der Waals surface area contributed by atoms with Crippen LogP contribution in [0.2, 0.25) is 0 Å². The molecule has 1 amide bonds. The number of benzene rings is 2. The quantitative estimate of drug-likeness (QED) is 0.558. The monoisotopic (exact) mass is 414 g/mol. The summed E-state index contributed by atoms with van der Waals surface area (Å²) in [5, 5.41) is 17.3. The fourth-order valence-electron chi connectivity index (χ4n) is 3.05. The summed E-state index contributed by atoms with van der Waals surface area (Å²) in [6, 6.07) is 14.0. The van der Waals surface area contributed by atoms with Gasteiger partial charge in [-0.15, -0.1) is 10.2 Å². The van der Waals surface area contributed by atoms with E-state index >= 15 is 0 Å². The van der Waals surface area contributed by atoms with Crippen LogP contribution in [0.15, 0.2) is 46.8 Å². The number of fused-ring (bicyclic) bond motifs is 1. The third kappa shape index (κ3) is 4.81. The Morgan fingerprint density at radius 2 is 2.14 bits per heavy atom. The lowest BCUT2D eigenvalue weighted by atomic mass is 10.1. The molecule has 0 saturated carbocycles. The van der Waals surface area contributed by atoms with Gasteiger partial charge in [0, 0.05) is 18.8 Å². The first-order valence-corrected chi connectivity index (χ1v) is 11.0. The highest BCUT2D eigenvalue weighted by atomic mass is 32.2. The molecule has 0 aliphatic carbocycles. The molecule has 4 rings (SSSR count). The molecule has 1 aliphatic rings. The van der Waals surface area contributed by atoms with Gasteiger partial charge >= 0.3 is 0 Å². The van der Waals surface area contributed by atoms with Crippen LogP contribution in [0.3, 0.4) is 0 Å². The first-order valence-electron chi connectivity index (χ1n) is 9.33. The van der Waals surface area contributed by atoms with Crippen LogP contribution in [0.25, 0.3) is 10.8 Å². The number of hydrogen-bond donors (Lipinski definition) is 2. The summed E-state index contributed by atoms with van der Waals surface area (Å²) >= 11 is 2.88. The zero-order valence-electron chi connectivity index (χ0n) is 15.6. The molecule has 2 atom stereocenters. The van der Waals surface area contributed by atoms with Gasteiger partial charge in [0.05, 0.1) is 11.4 Å². The molecular formula is C20H22N4O2S2. The molecule has 0 spiro atoms. The summed E-state index contributed by atoms with van der Waals surface area (Å²) in [6.07, 6.45) is 2.46. The third-order valence-corrected chi connectivity index (χ3v) is 6.64. The predicted octanol–water partition coefficient (Wildman–Crippen LogP) is 4.40. The van der Waals surface area contributed by atoms with Gasteiger partial charge in [-0.2, -0.15) is 0 Å². The lowest BCUT2D eigenvalue weighted by molar-refractivity contribution is -0.115. The maximum atomic E-state index is 12.6. The summed E-state index contributed by atoms with van der Waals surface area (Å²) in [7, 11) is 0. The summed E-state index contributed by atoms with van der Waals surface area (Å²) in [6.45, 7) is 3.46. The van der Waals surface area contributed by atoms with E-state index in [-0.39, 0.29) is 17.3 Å². The average Bonchev–Trinajstić information content (AvgIpc) is 3.38. The first-order chi connectivity index (χ1) is 13.7. The van der Waals surface area contributed by atoms with Crippen LogP contribution >= 0.6 is 23.1 Å². The van der Waals surface area contributed by atoms with E-state index in [2.05, 4.69) is 26.9 Å². The van der Waals surface area contributed by atoms with Gasteiger partial charge in [0.1, 0.15) is 0 Å². The van der Waals surface area contributed by atoms with Crippen molar-refractivity contribution in [2.75, 3.05) is 23.8 Å². The van der Waals surface area contributed by atoms with Crippen molar-refractivity contribution in [3.05, 3.63) is 42.5 Å². The van der Waals surface area contributed by atoms with Crippen LogP contribution in [0.5, 0.6) is 0 Å². The van der Waals surface area contributed by atoms with E-state index in [1.54, 1.807) is 0 Å². The molecule has 0 bridgehead atoms. The molecule has 1 aromatic heterocycles. The number of anilines is 2. The van der Waals surface area contributed by atoms with E-state index in [1.807, 2.05) is 43.3 Å². The molecule has 2 heterocycles. The van der Waals surface area contributed by atoms with Crippen LogP contribution in [0.4, 0.5) is 10.8 Å². The molecule has 3 aromatic rings. The molecule has 28 heavy (non-hydrogen) atoms. The van der Waals surface area contributed by atoms with Crippen molar-refractivity contribution >= 4 is 50.6 Å². The third-order valence-electron chi connectivity index (χ3n) is 4.58. The fraction of sp³-hybridized carbons (Fsp3) is 0.350. The Bertz CT molecular complexity index is 956. The van der Waals surface area contributed by atoms with E-state index in [4.69, 9.17) is 4.74 Å². The van der Waals surface area contributed by atoms with Gasteiger partial charge in [-0.05, 0) is 42.7 Å². The van der Waals surface area contributed by atoms with Crippen LogP contribution in [0.1, 0.15) is 19.8 Å². The normalized spacial score (nSPS) is 17.5. The Balaban J connectivity index is 1.31. The topological polar surface area (TPSA) is 76.1 Å². The highest BCUT2D eigenvalue weighted by Crippen LogP contribution is 2.30. The Morgan fingerprint density at radius 1 is 1.29 bits per heavy atom. The van der Waals surface area contributed by atoms with Crippen LogP contribution in [0, 0.1) is 0 Å². The molecule has 2 N–H and O–H groups in total. The van der Waals surface area contributed by atoms with Gasteiger partial charge in [0.25, 0.3) is 0 Å². The minimum Gasteiger partial charge on any atom is -0.376 e. The van der Waals surface area contributed by atoms with Gasteiger partial charge in [-0.1, -0.05) is 53.4 Å². The fourth-order valence-corrected chi connectivity index (χ4v) is 4.95. The lowest BCUT2D eigenvalue weighted by Crippen LogP contribution is -2.22. The van der Waals surface area contributed by atoms with Crippen molar-refractivity contribution in [1.29, 1.82) is 0 Å². The Hall–Kier alpha value is -2.16. The van der Waals surface area contributed by atoms with Gasteiger partial charge in [0.15, 0.2) is 4.34 Å². The lowest BCUT2D eigenvalue weighted by Gasteiger charge is -2.11. The molecule has 146 valence electrons. The van der Waals surface area contributed by atoms with Gasteiger partial charge in [-0.3, -0.25) is 4.79 Å². The molecule has 1 saturated heterocycles. The summed E-state index contributed by atoms with van der Waals surface area (Å²) in [4.78, 5) is 12.6. The standard InChI is InChI=1S/C20H22N4O2S2/c1-13(18(25)22-16-9-8-14-5-2-3-6-15(14)11-16)27-20-24-23-19(28-20)21-12-17-7-4-10-26-17/h2-3,5-6,8-9,11,13,17H,4,7,10,12H2,1H3,(H,21,23)(H,22,25). The highest BCUT2D eigenvalue weighted by molar-refractivity contribution is 8.02. The number of hydrogen-bond acceptors (Lipinski definition) is 7. The summed E-state index contributed by atoms with van der Waals surface area (Å²) in [5.41, 5.74) is 0.798. The molecule has 6 nitrogen and oxygen atoms in total. The zero-order valence-corrected chi connectivity index (χ0v) is 17.2. The van der Waals surface area contributed by atoms with Crippen LogP contribution in [-0.4, -0.2) is 40.6 Å². The largest absolute Gasteiger partial charge is 0.376 e. The summed E-state index contributed by atoms with van der Waals surface area (Å²) in [5.74, 6) is -0.0515. The average molecular weight is 415 g/mol. The number of rotatable bonds is 7.